The lowest BCUT2D eigenvalue weighted by molar-refractivity contribution is -0.150. The number of nitrogens with zero attached hydrogens (tertiary/aromatic N) is 1. The topological polar surface area (TPSA) is 113 Å². The lowest BCUT2D eigenvalue weighted by Gasteiger charge is -2.21. The van der Waals surface area contributed by atoms with E-state index in [2.05, 4.69) is 0 Å². The van der Waals surface area contributed by atoms with Crippen LogP contribution in [0.3, 0.4) is 0 Å². The van der Waals surface area contributed by atoms with E-state index in [0.717, 1.165) is 22.2 Å². The molecule has 1 fully saturated rings. The Kier molecular flexibility index (Phi) is 7.49. The van der Waals surface area contributed by atoms with E-state index in [-0.39, 0.29) is 9.23 Å². The highest BCUT2D eigenvalue weighted by molar-refractivity contribution is 8.26. The Hall–Kier alpha value is -3.37. The second-order valence-electron chi connectivity index (χ2n) is 6.69. The molecule has 1 heterocycles. The molecule has 8 nitrogen and oxygen atoms in total. The van der Waals surface area contributed by atoms with Crippen LogP contribution in [0.15, 0.2) is 53.4 Å². The molecule has 0 aromatic heterocycles. The van der Waals surface area contributed by atoms with Crippen LogP contribution in [0.1, 0.15) is 17.5 Å². The SMILES string of the molecule is COc1cc(C=C2SC(=S)N(C(CC(=O)O)C(=O)O)C2=O)ccc1OCc1ccccc1. The average Bonchev–Trinajstić information content (AvgIpc) is 3.04. The average molecular weight is 474 g/mol. The third-order valence-corrected chi connectivity index (χ3v) is 5.84. The Morgan fingerprint density at radius 3 is 2.50 bits per heavy atom. The van der Waals surface area contributed by atoms with Gasteiger partial charge in [0.2, 0.25) is 0 Å². The number of thiocarbonyl (C=S) groups is 1. The molecule has 2 aromatic carbocycles. The molecule has 1 amide bonds. The number of rotatable bonds is 9. The number of benzene rings is 2. The van der Waals surface area contributed by atoms with E-state index in [0.29, 0.717) is 23.7 Å². The second kappa shape index (κ2) is 10.3. The van der Waals surface area contributed by atoms with E-state index in [1.807, 2.05) is 30.3 Å². The predicted octanol–water partition coefficient (Wildman–Crippen LogP) is 3.40. The van der Waals surface area contributed by atoms with Gasteiger partial charge in [-0.3, -0.25) is 14.5 Å². The first-order valence-electron chi connectivity index (χ1n) is 9.36. The number of methoxy groups -OCH3 is 1. The standard InChI is InChI=1S/C22H19NO7S2/c1-29-17-9-14(7-8-16(17)30-12-13-5-3-2-4-6-13)10-18-20(26)23(22(31)32-18)15(21(27)28)11-19(24)25/h2-10,15H,11-12H2,1H3,(H,24,25)(H,27,28). The minimum absolute atomic E-state index is 0.00956. The zero-order valence-electron chi connectivity index (χ0n) is 16.9. The molecule has 0 spiro atoms. The summed E-state index contributed by atoms with van der Waals surface area (Å²) in [6, 6.07) is 13.2. The third kappa shape index (κ3) is 5.45. The van der Waals surface area contributed by atoms with Gasteiger partial charge in [0.05, 0.1) is 18.4 Å². The molecule has 1 atom stereocenters. The number of hydrogen-bond acceptors (Lipinski definition) is 7. The fraction of sp³-hybridized carbons (Fsp3) is 0.182. The van der Waals surface area contributed by atoms with Crippen LogP contribution < -0.4 is 9.47 Å². The molecule has 2 N–H and O–H groups in total. The van der Waals surface area contributed by atoms with Gasteiger partial charge in [-0.05, 0) is 29.3 Å². The van der Waals surface area contributed by atoms with Crippen LogP contribution in [-0.2, 0) is 21.0 Å². The molecule has 2 aromatic rings. The quantitative estimate of drug-likeness (QED) is 0.418. The van der Waals surface area contributed by atoms with E-state index in [1.54, 1.807) is 24.3 Å². The van der Waals surface area contributed by atoms with Crippen LogP contribution >= 0.6 is 24.0 Å². The van der Waals surface area contributed by atoms with Crippen molar-refractivity contribution in [3.8, 4) is 11.5 Å². The number of aliphatic carboxylic acids is 2. The lowest BCUT2D eigenvalue weighted by Crippen LogP contribution is -2.45. The number of ether oxygens (including phenoxy) is 2. The normalized spacial score (nSPS) is 15.7. The van der Waals surface area contributed by atoms with Crippen LogP contribution in [0.5, 0.6) is 11.5 Å². The molecule has 0 saturated carbocycles. The number of amides is 1. The highest BCUT2D eigenvalue weighted by Gasteiger charge is 2.41. The molecular formula is C22H19NO7S2. The Labute approximate surface area is 193 Å². The smallest absolute Gasteiger partial charge is 0.327 e. The predicted molar refractivity (Wildman–Crippen MR) is 122 cm³/mol. The van der Waals surface area contributed by atoms with Crippen molar-refractivity contribution in [3.63, 3.8) is 0 Å². The Morgan fingerprint density at radius 1 is 1.16 bits per heavy atom. The van der Waals surface area contributed by atoms with Crippen LogP contribution in [0.4, 0.5) is 0 Å². The summed E-state index contributed by atoms with van der Waals surface area (Å²) in [7, 11) is 1.50. The number of carbonyl (C=O) groups is 3. The second-order valence-corrected chi connectivity index (χ2v) is 8.36. The first kappa shape index (κ1) is 23.3. The van der Waals surface area contributed by atoms with Gasteiger partial charge in [-0.1, -0.05) is 60.4 Å². The van der Waals surface area contributed by atoms with Crippen molar-refractivity contribution in [1.29, 1.82) is 0 Å². The van der Waals surface area contributed by atoms with E-state index in [1.165, 1.54) is 7.11 Å². The maximum Gasteiger partial charge on any atom is 0.327 e. The Balaban J connectivity index is 1.80. The van der Waals surface area contributed by atoms with E-state index < -0.39 is 30.3 Å². The van der Waals surface area contributed by atoms with Crippen molar-refractivity contribution in [1.82, 2.24) is 4.90 Å². The molecule has 1 aliphatic rings. The number of carboxylic acids is 2. The molecule has 1 saturated heterocycles. The minimum Gasteiger partial charge on any atom is -0.493 e. The number of carbonyl (C=O) groups excluding carboxylic acids is 1. The van der Waals surface area contributed by atoms with Crippen molar-refractivity contribution < 1.29 is 34.1 Å². The summed E-state index contributed by atoms with van der Waals surface area (Å²) >= 11 is 6.05. The first-order valence-corrected chi connectivity index (χ1v) is 10.6. The summed E-state index contributed by atoms with van der Waals surface area (Å²) in [6.07, 6.45) is 0.790. The van der Waals surface area contributed by atoms with Crippen LogP contribution in [-0.4, -0.2) is 50.4 Å². The highest BCUT2D eigenvalue weighted by atomic mass is 32.2. The van der Waals surface area contributed by atoms with Crippen LogP contribution in [0.2, 0.25) is 0 Å². The monoisotopic (exact) mass is 473 g/mol. The van der Waals surface area contributed by atoms with Gasteiger partial charge in [0.1, 0.15) is 17.0 Å². The number of carboxylic acid groups (broad SMARTS) is 2. The molecule has 0 aliphatic carbocycles. The summed E-state index contributed by atoms with van der Waals surface area (Å²) < 4.78 is 11.2. The minimum atomic E-state index is -1.57. The van der Waals surface area contributed by atoms with Crippen molar-refractivity contribution in [3.05, 3.63) is 64.6 Å². The van der Waals surface area contributed by atoms with Crippen LogP contribution in [0.25, 0.3) is 6.08 Å². The molecule has 1 aliphatic heterocycles. The summed E-state index contributed by atoms with van der Waals surface area (Å²) in [4.78, 5) is 36.3. The van der Waals surface area contributed by atoms with E-state index in [9.17, 15) is 19.5 Å². The molecule has 32 heavy (non-hydrogen) atoms. The molecule has 3 rings (SSSR count). The summed E-state index contributed by atoms with van der Waals surface area (Å²) in [6.45, 7) is 0.357. The van der Waals surface area contributed by atoms with Gasteiger partial charge in [-0.15, -0.1) is 0 Å². The van der Waals surface area contributed by atoms with E-state index in [4.69, 9.17) is 26.8 Å². The maximum atomic E-state index is 12.8. The van der Waals surface area contributed by atoms with Crippen molar-refractivity contribution in [2.24, 2.45) is 0 Å². The van der Waals surface area contributed by atoms with Crippen molar-refractivity contribution >= 4 is 52.2 Å². The van der Waals surface area contributed by atoms with Crippen molar-refractivity contribution in [2.45, 2.75) is 19.1 Å². The van der Waals surface area contributed by atoms with E-state index >= 15 is 0 Å². The number of hydrogen-bond donors (Lipinski definition) is 2. The molecular weight excluding hydrogens is 454 g/mol. The summed E-state index contributed by atoms with van der Waals surface area (Å²) in [5.41, 5.74) is 1.61. The van der Waals surface area contributed by atoms with Crippen LogP contribution in [0, 0.1) is 0 Å². The van der Waals surface area contributed by atoms with Crippen molar-refractivity contribution in [2.75, 3.05) is 7.11 Å². The molecule has 0 bridgehead atoms. The van der Waals surface area contributed by atoms with Gasteiger partial charge in [-0.25, -0.2) is 4.79 Å². The number of thioether (sulfide) groups is 1. The summed E-state index contributed by atoms with van der Waals surface area (Å²) in [5, 5.41) is 18.3. The Morgan fingerprint density at radius 2 is 1.88 bits per heavy atom. The van der Waals surface area contributed by atoms with Gasteiger partial charge in [0.15, 0.2) is 11.5 Å². The van der Waals surface area contributed by atoms with Gasteiger partial charge in [0, 0.05) is 0 Å². The van der Waals surface area contributed by atoms with Gasteiger partial charge in [0.25, 0.3) is 5.91 Å². The van der Waals surface area contributed by atoms with Gasteiger partial charge in [-0.2, -0.15) is 0 Å². The molecule has 0 radical (unpaired) electrons. The maximum absolute atomic E-state index is 12.8. The lowest BCUT2D eigenvalue weighted by atomic mass is 10.1. The Bertz CT molecular complexity index is 1080. The zero-order valence-corrected chi connectivity index (χ0v) is 18.5. The third-order valence-electron chi connectivity index (χ3n) is 4.51. The molecule has 166 valence electrons. The fourth-order valence-corrected chi connectivity index (χ4v) is 4.34. The summed E-state index contributed by atoms with van der Waals surface area (Å²) in [5.74, 6) is -2.46. The largest absolute Gasteiger partial charge is 0.493 e. The highest BCUT2D eigenvalue weighted by Crippen LogP contribution is 2.36. The molecule has 10 heteroatoms. The zero-order chi connectivity index (χ0) is 23.3. The fourth-order valence-electron chi connectivity index (χ4n) is 2.98. The molecule has 1 unspecified atom stereocenters. The van der Waals surface area contributed by atoms with Gasteiger partial charge >= 0.3 is 11.9 Å². The van der Waals surface area contributed by atoms with Gasteiger partial charge < -0.3 is 19.7 Å². The first-order chi connectivity index (χ1) is 15.3.